The van der Waals surface area contributed by atoms with Gasteiger partial charge in [0.2, 0.25) is 5.91 Å². The second kappa shape index (κ2) is 8.81. The summed E-state index contributed by atoms with van der Waals surface area (Å²) in [6.45, 7) is 6.47. The third-order valence-electron chi connectivity index (χ3n) is 8.71. The number of hydrogen-bond acceptors (Lipinski definition) is 2. The molecule has 1 spiro atoms. The van der Waals surface area contributed by atoms with Crippen molar-refractivity contribution in [1.82, 2.24) is 10.2 Å². The van der Waals surface area contributed by atoms with E-state index in [9.17, 15) is 18.0 Å². The standard InChI is InChI=1S/C29H33F3N2O/c1-20-19-34(15-14-28(20)13-10-22-7-3-4-9-25(22)28)24-11-12-27(2,17-24)26(35)33-18-21-6-5-8-23(16-21)29(30,31)32/h3-10,13,16,20,24H,11-12,14-15,17-19H2,1-2H3,(H,33,35)/t20-,24?,27?,28-/m0/s1. The molecular formula is C29H33F3N2O. The molecule has 2 fully saturated rings. The second-order valence-corrected chi connectivity index (χ2v) is 10.9. The Kier molecular flexibility index (Phi) is 6.07. The van der Waals surface area contributed by atoms with E-state index in [1.165, 1.54) is 17.2 Å². The van der Waals surface area contributed by atoms with E-state index in [0.717, 1.165) is 50.9 Å². The molecule has 0 aromatic heterocycles. The van der Waals surface area contributed by atoms with E-state index < -0.39 is 17.2 Å². The van der Waals surface area contributed by atoms with Crippen molar-refractivity contribution in [2.75, 3.05) is 13.1 Å². The van der Waals surface area contributed by atoms with Gasteiger partial charge in [0.1, 0.15) is 0 Å². The zero-order valence-electron chi connectivity index (χ0n) is 20.4. The first-order valence-electron chi connectivity index (χ1n) is 12.6. The summed E-state index contributed by atoms with van der Waals surface area (Å²) in [4.78, 5) is 15.7. The van der Waals surface area contributed by atoms with Crippen LogP contribution in [-0.4, -0.2) is 29.9 Å². The fraction of sp³-hybridized carbons (Fsp3) is 0.483. The molecule has 6 heteroatoms. The fourth-order valence-electron chi connectivity index (χ4n) is 6.54. The van der Waals surface area contributed by atoms with E-state index in [-0.39, 0.29) is 17.9 Å². The topological polar surface area (TPSA) is 32.3 Å². The van der Waals surface area contributed by atoms with Crippen LogP contribution in [0.3, 0.4) is 0 Å². The SMILES string of the molecule is C[C@H]1CN(C2CCC(C)(C(=O)NCc3cccc(C(F)(F)F)c3)C2)CC[C@@]12C=Cc1ccccc12. The highest BCUT2D eigenvalue weighted by Gasteiger charge is 2.48. The first kappa shape index (κ1) is 24.1. The number of carbonyl (C=O) groups is 1. The number of likely N-dealkylation sites (tertiary alicyclic amines) is 1. The van der Waals surface area contributed by atoms with Gasteiger partial charge in [-0.3, -0.25) is 9.69 Å². The lowest BCUT2D eigenvalue weighted by Crippen LogP contribution is -2.50. The molecule has 1 aliphatic heterocycles. The number of fused-ring (bicyclic) bond motifs is 2. The Bertz CT molecular complexity index is 1140. The van der Waals surface area contributed by atoms with Crippen LogP contribution in [-0.2, 0) is 22.9 Å². The Labute approximate surface area is 205 Å². The molecule has 3 nitrogen and oxygen atoms in total. The van der Waals surface area contributed by atoms with E-state index in [1.54, 1.807) is 6.07 Å². The van der Waals surface area contributed by atoms with Gasteiger partial charge in [0.15, 0.2) is 0 Å². The second-order valence-electron chi connectivity index (χ2n) is 10.9. The van der Waals surface area contributed by atoms with E-state index in [0.29, 0.717) is 17.5 Å². The summed E-state index contributed by atoms with van der Waals surface area (Å²) in [5, 5.41) is 2.91. The number of carbonyl (C=O) groups excluding carboxylic acids is 1. The summed E-state index contributed by atoms with van der Waals surface area (Å²) in [5.41, 5.74) is 2.16. The van der Waals surface area contributed by atoms with E-state index >= 15 is 0 Å². The minimum atomic E-state index is -4.38. The number of allylic oxidation sites excluding steroid dienone is 1. The van der Waals surface area contributed by atoms with Crippen LogP contribution in [0, 0.1) is 11.3 Å². The molecule has 5 rings (SSSR count). The van der Waals surface area contributed by atoms with E-state index in [4.69, 9.17) is 0 Å². The molecule has 0 bridgehead atoms. The number of nitrogens with zero attached hydrogens (tertiary/aromatic N) is 1. The Morgan fingerprint density at radius 1 is 1.14 bits per heavy atom. The van der Waals surface area contributed by atoms with Gasteiger partial charge >= 0.3 is 6.18 Å². The number of halogens is 3. The van der Waals surface area contributed by atoms with Crippen molar-refractivity contribution in [3.8, 4) is 0 Å². The van der Waals surface area contributed by atoms with Gasteiger partial charge in [0.25, 0.3) is 0 Å². The number of rotatable bonds is 4. The van der Waals surface area contributed by atoms with Crippen molar-refractivity contribution in [3.05, 3.63) is 76.9 Å². The van der Waals surface area contributed by atoms with Crippen molar-refractivity contribution in [2.45, 2.75) is 63.7 Å². The summed E-state index contributed by atoms with van der Waals surface area (Å²) < 4.78 is 39.0. The largest absolute Gasteiger partial charge is 0.416 e. The molecule has 2 aromatic rings. The van der Waals surface area contributed by atoms with E-state index in [2.05, 4.69) is 53.6 Å². The number of hydrogen-bond donors (Lipinski definition) is 1. The van der Waals surface area contributed by atoms with Crippen molar-refractivity contribution < 1.29 is 18.0 Å². The molecule has 2 unspecified atom stereocenters. The summed E-state index contributed by atoms with van der Waals surface area (Å²) in [7, 11) is 0. The molecule has 3 aliphatic rings. The van der Waals surface area contributed by atoms with Crippen LogP contribution in [0.25, 0.3) is 6.08 Å². The maximum atomic E-state index is 13.1. The van der Waals surface area contributed by atoms with Crippen molar-refractivity contribution in [1.29, 1.82) is 0 Å². The molecule has 186 valence electrons. The zero-order valence-corrected chi connectivity index (χ0v) is 20.4. The summed E-state index contributed by atoms with van der Waals surface area (Å²) in [6, 6.07) is 14.2. The molecule has 1 saturated carbocycles. The molecule has 4 atom stereocenters. The summed E-state index contributed by atoms with van der Waals surface area (Å²) >= 11 is 0. The van der Waals surface area contributed by atoms with Crippen LogP contribution < -0.4 is 5.32 Å². The van der Waals surface area contributed by atoms with Gasteiger partial charge in [-0.1, -0.05) is 62.4 Å². The predicted octanol–water partition coefficient (Wildman–Crippen LogP) is 6.19. The molecule has 1 N–H and O–H groups in total. The van der Waals surface area contributed by atoms with Gasteiger partial charge < -0.3 is 5.32 Å². The molecule has 0 radical (unpaired) electrons. The summed E-state index contributed by atoms with van der Waals surface area (Å²) in [6.07, 6.45) is 3.92. The van der Waals surface area contributed by atoms with E-state index in [1.807, 2.05) is 6.92 Å². The Hall–Kier alpha value is -2.60. The quantitative estimate of drug-likeness (QED) is 0.564. The number of alkyl halides is 3. The minimum Gasteiger partial charge on any atom is -0.352 e. The number of amides is 1. The van der Waals surface area contributed by atoms with Crippen molar-refractivity contribution in [3.63, 3.8) is 0 Å². The lowest BCUT2D eigenvalue weighted by atomic mass is 9.68. The Morgan fingerprint density at radius 3 is 2.71 bits per heavy atom. The molecular weight excluding hydrogens is 449 g/mol. The number of benzene rings is 2. The highest BCUT2D eigenvalue weighted by atomic mass is 19.4. The average Bonchev–Trinajstić information content (AvgIpc) is 3.42. The maximum absolute atomic E-state index is 13.1. The highest BCUT2D eigenvalue weighted by Crippen LogP contribution is 2.49. The van der Waals surface area contributed by atoms with Gasteiger partial charge in [-0.15, -0.1) is 0 Å². The first-order valence-corrected chi connectivity index (χ1v) is 12.6. The van der Waals surface area contributed by atoms with Crippen LogP contribution in [0.4, 0.5) is 13.2 Å². The third-order valence-corrected chi connectivity index (χ3v) is 8.71. The number of nitrogens with one attached hydrogen (secondary N) is 1. The van der Waals surface area contributed by atoms with Gasteiger partial charge in [0.05, 0.1) is 5.56 Å². The lowest BCUT2D eigenvalue weighted by Gasteiger charge is -2.46. The number of piperidine rings is 1. The van der Waals surface area contributed by atoms with Crippen LogP contribution in [0.15, 0.2) is 54.6 Å². The molecule has 1 amide bonds. The maximum Gasteiger partial charge on any atom is 0.416 e. The average molecular weight is 483 g/mol. The van der Waals surface area contributed by atoms with Gasteiger partial charge in [0, 0.05) is 30.0 Å². The van der Waals surface area contributed by atoms with Gasteiger partial charge in [-0.05, 0) is 67.0 Å². The van der Waals surface area contributed by atoms with Crippen molar-refractivity contribution in [2.24, 2.45) is 11.3 Å². The van der Waals surface area contributed by atoms with Crippen LogP contribution in [0.2, 0.25) is 0 Å². The molecule has 1 heterocycles. The summed E-state index contributed by atoms with van der Waals surface area (Å²) in [5.74, 6) is 0.421. The van der Waals surface area contributed by atoms with Crippen LogP contribution in [0.1, 0.15) is 61.8 Å². The smallest absolute Gasteiger partial charge is 0.352 e. The molecule has 1 saturated heterocycles. The Balaban J connectivity index is 1.19. The fourth-order valence-corrected chi connectivity index (χ4v) is 6.54. The van der Waals surface area contributed by atoms with Crippen LogP contribution in [0.5, 0.6) is 0 Å². The zero-order chi connectivity index (χ0) is 24.8. The third kappa shape index (κ3) is 4.42. The molecule has 35 heavy (non-hydrogen) atoms. The predicted molar refractivity (Wildman–Crippen MR) is 132 cm³/mol. The lowest BCUT2D eigenvalue weighted by molar-refractivity contribution is -0.137. The van der Waals surface area contributed by atoms with Crippen LogP contribution >= 0.6 is 0 Å². The van der Waals surface area contributed by atoms with Crippen molar-refractivity contribution >= 4 is 12.0 Å². The normalized spacial score (nSPS) is 30.5. The molecule has 2 aromatic carbocycles. The minimum absolute atomic E-state index is 0.0633. The highest BCUT2D eigenvalue weighted by molar-refractivity contribution is 5.82. The monoisotopic (exact) mass is 482 g/mol. The first-order chi connectivity index (χ1) is 16.6. The van der Waals surface area contributed by atoms with Gasteiger partial charge in [-0.25, -0.2) is 0 Å². The van der Waals surface area contributed by atoms with Gasteiger partial charge in [-0.2, -0.15) is 13.2 Å². The molecule has 2 aliphatic carbocycles. The Morgan fingerprint density at radius 2 is 1.94 bits per heavy atom.